The van der Waals surface area contributed by atoms with Gasteiger partial charge in [0.05, 0.1) is 11.5 Å². The van der Waals surface area contributed by atoms with Crippen LogP contribution in [0.2, 0.25) is 10.0 Å². The molecule has 0 aromatic heterocycles. The zero-order valence-electron chi connectivity index (χ0n) is 15.6. The van der Waals surface area contributed by atoms with E-state index in [1.54, 1.807) is 0 Å². The number of ether oxygens (including phenoxy) is 1. The number of hydrogen-bond acceptors (Lipinski definition) is 1. The van der Waals surface area contributed by atoms with E-state index in [1.165, 1.54) is 27.8 Å². The van der Waals surface area contributed by atoms with Gasteiger partial charge < -0.3 is 4.74 Å². The number of rotatable bonds is 2. The zero-order valence-corrected chi connectivity index (χ0v) is 17.1. The van der Waals surface area contributed by atoms with Gasteiger partial charge in [0.1, 0.15) is 5.60 Å². The second-order valence-corrected chi connectivity index (χ2v) is 8.87. The molecule has 0 amide bonds. The Morgan fingerprint density at radius 2 is 1.55 bits per heavy atom. The summed E-state index contributed by atoms with van der Waals surface area (Å²) in [6.07, 6.45) is 16.4. The van der Waals surface area contributed by atoms with Gasteiger partial charge in [-0.05, 0) is 70.7 Å². The molecule has 1 saturated heterocycles. The average Bonchev–Trinajstić information content (AvgIpc) is 3.27. The van der Waals surface area contributed by atoms with Gasteiger partial charge in [-0.3, -0.25) is 0 Å². The van der Waals surface area contributed by atoms with Crippen LogP contribution in [0.1, 0.15) is 17.5 Å². The predicted molar refractivity (Wildman–Crippen MR) is 118 cm³/mol. The summed E-state index contributed by atoms with van der Waals surface area (Å²) in [4.78, 5) is 0. The van der Waals surface area contributed by atoms with Crippen LogP contribution in [0.5, 0.6) is 0 Å². The highest BCUT2D eigenvalue weighted by Gasteiger charge is 2.63. The first-order valence-electron chi connectivity index (χ1n) is 9.83. The van der Waals surface area contributed by atoms with E-state index in [2.05, 4.69) is 66.8 Å². The minimum absolute atomic E-state index is 0.0957. The number of benzene rings is 2. The quantitative estimate of drug-likeness (QED) is 0.492. The van der Waals surface area contributed by atoms with Crippen LogP contribution in [-0.2, 0) is 10.2 Å². The van der Waals surface area contributed by atoms with E-state index in [9.17, 15) is 0 Å². The zero-order chi connectivity index (χ0) is 19.6. The number of halogens is 2. The summed E-state index contributed by atoms with van der Waals surface area (Å²) < 4.78 is 6.73. The summed E-state index contributed by atoms with van der Waals surface area (Å²) >= 11 is 12.5. The van der Waals surface area contributed by atoms with Crippen LogP contribution in [0.4, 0.5) is 0 Å². The highest BCUT2D eigenvalue weighted by molar-refractivity contribution is 6.30. The summed E-state index contributed by atoms with van der Waals surface area (Å²) in [5, 5.41) is 1.46. The molecule has 2 heterocycles. The molecule has 1 spiro atoms. The van der Waals surface area contributed by atoms with E-state index >= 15 is 0 Å². The fraction of sp³-hybridized carbons (Fsp3) is 0.154. The predicted octanol–water partition coefficient (Wildman–Crippen LogP) is 6.74. The fourth-order valence-corrected chi connectivity index (χ4v) is 5.53. The van der Waals surface area contributed by atoms with Crippen LogP contribution < -0.4 is 0 Å². The van der Waals surface area contributed by atoms with E-state index in [1.807, 2.05) is 24.3 Å². The number of hydrogen-bond donors (Lipinski definition) is 0. The number of fused-ring (bicyclic) bond motifs is 2. The lowest BCUT2D eigenvalue weighted by atomic mass is 9.59. The first kappa shape index (κ1) is 17.5. The second-order valence-electron chi connectivity index (χ2n) is 7.99. The largest absolute Gasteiger partial charge is 0.353 e. The molecule has 2 aliphatic heterocycles. The molecule has 2 aromatic carbocycles. The molecule has 6 rings (SSSR count). The van der Waals surface area contributed by atoms with Gasteiger partial charge in [0.25, 0.3) is 0 Å². The molecule has 0 N–H and O–H groups in total. The standard InChI is InChI=1S/C26H18Cl2O/c27-21-9-5-19(6-10-21)26(20-7-11-22(28)12-8-20)23-15-17-3-1-2-4-18(17)16-25(23)14-13-24(26)29-25/h1-3,5-16,24H,4H2. The van der Waals surface area contributed by atoms with Crippen LogP contribution >= 0.6 is 23.2 Å². The van der Waals surface area contributed by atoms with Crippen molar-refractivity contribution in [2.24, 2.45) is 0 Å². The Bertz CT molecular complexity index is 1120. The third-order valence-corrected chi connectivity index (χ3v) is 7.03. The maximum absolute atomic E-state index is 6.73. The van der Waals surface area contributed by atoms with Crippen LogP contribution in [-0.4, -0.2) is 11.7 Å². The van der Waals surface area contributed by atoms with Gasteiger partial charge in [0, 0.05) is 10.0 Å². The molecule has 2 bridgehead atoms. The Labute approximate surface area is 180 Å². The lowest BCUT2D eigenvalue weighted by molar-refractivity contribution is 0.0662. The molecule has 1 nitrogen and oxygen atoms in total. The summed E-state index contributed by atoms with van der Waals surface area (Å²) in [5.74, 6) is 0. The Morgan fingerprint density at radius 3 is 2.21 bits per heavy atom. The van der Waals surface area contributed by atoms with Crippen LogP contribution in [0.15, 0.2) is 108 Å². The molecule has 0 saturated carbocycles. The van der Waals surface area contributed by atoms with Crippen LogP contribution in [0.3, 0.4) is 0 Å². The lowest BCUT2D eigenvalue weighted by Crippen LogP contribution is -2.41. The number of allylic oxidation sites excluding steroid dienone is 6. The van der Waals surface area contributed by atoms with Gasteiger partial charge >= 0.3 is 0 Å². The van der Waals surface area contributed by atoms with Crippen molar-refractivity contribution in [3.63, 3.8) is 0 Å². The summed E-state index contributed by atoms with van der Waals surface area (Å²) in [6.45, 7) is 0. The van der Waals surface area contributed by atoms with E-state index in [0.29, 0.717) is 0 Å². The SMILES string of the molecule is Clc1ccc(C2(c3ccc(Cl)cc3)C3=CC4=CC=CCC4=CC34C=CC2O4)cc1. The van der Waals surface area contributed by atoms with Gasteiger partial charge in [0.15, 0.2) is 0 Å². The van der Waals surface area contributed by atoms with Crippen molar-refractivity contribution < 1.29 is 4.74 Å². The molecule has 142 valence electrons. The minimum atomic E-state index is -0.498. The molecule has 3 heteroatoms. The van der Waals surface area contributed by atoms with Gasteiger partial charge in [-0.15, -0.1) is 0 Å². The molecule has 2 aliphatic carbocycles. The van der Waals surface area contributed by atoms with E-state index in [-0.39, 0.29) is 6.10 Å². The van der Waals surface area contributed by atoms with E-state index in [4.69, 9.17) is 27.9 Å². The molecule has 2 aromatic rings. The second kappa shape index (κ2) is 6.09. The van der Waals surface area contributed by atoms with E-state index < -0.39 is 11.0 Å². The Morgan fingerprint density at radius 1 is 0.897 bits per heavy atom. The summed E-state index contributed by atoms with van der Waals surface area (Å²) in [5.41, 5.74) is 5.28. The first-order chi connectivity index (χ1) is 14.1. The smallest absolute Gasteiger partial charge is 0.129 e. The maximum Gasteiger partial charge on any atom is 0.129 e. The van der Waals surface area contributed by atoms with Gasteiger partial charge in [-0.2, -0.15) is 0 Å². The monoisotopic (exact) mass is 416 g/mol. The molecule has 29 heavy (non-hydrogen) atoms. The fourth-order valence-electron chi connectivity index (χ4n) is 5.27. The van der Waals surface area contributed by atoms with Crippen molar-refractivity contribution >= 4 is 23.2 Å². The highest BCUT2D eigenvalue weighted by atomic mass is 35.5. The minimum Gasteiger partial charge on any atom is -0.353 e. The van der Waals surface area contributed by atoms with Gasteiger partial charge in [0.2, 0.25) is 0 Å². The van der Waals surface area contributed by atoms with Crippen molar-refractivity contribution in [3.8, 4) is 0 Å². The molecule has 4 aliphatic rings. The molecule has 2 unspecified atom stereocenters. The molecule has 1 fully saturated rings. The van der Waals surface area contributed by atoms with Gasteiger partial charge in [-0.1, -0.05) is 77.8 Å². The van der Waals surface area contributed by atoms with Gasteiger partial charge in [-0.25, -0.2) is 0 Å². The third-order valence-electron chi connectivity index (χ3n) is 6.52. The highest BCUT2D eigenvalue weighted by Crippen LogP contribution is 2.61. The summed E-state index contributed by atoms with van der Waals surface area (Å²) in [7, 11) is 0. The molecular weight excluding hydrogens is 399 g/mol. The van der Waals surface area contributed by atoms with Crippen molar-refractivity contribution in [2.75, 3.05) is 0 Å². The van der Waals surface area contributed by atoms with E-state index in [0.717, 1.165) is 16.5 Å². The van der Waals surface area contributed by atoms with Crippen LogP contribution in [0, 0.1) is 0 Å². The Balaban J connectivity index is 1.67. The first-order valence-corrected chi connectivity index (χ1v) is 10.6. The Kier molecular flexibility index (Phi) is 3.68. The lowest BCUT2D eigenvalue weighted by Gasteiger charge is -2.40. The Hall–Kier alpha value is -2.32. The summed E-state index contributed by atoms with van der Waals surface area (Å²) in [6, 6.07) is 16.3. The topological polar surface area (TPSA) is 9.23 Å². The van der Waals surface area contributed by atoms with Crippen molar-refractivity contribution in [1.82, 2.24) is 0 Å². The molecular formula is C26H18Cl2O. The van der Waals surface area contributed by atoms with Crippen molar-refractivity contribution in [1.29, 1.82) is 0 Å². The van der Waals surface area contributed by atoms with Crippen molar-refractivity contribution in [3.05, 3.63) is 129 Å². The van der Waals surface area contributed by atoms with Crippen LogP contribution in [0.25, 0.3) is 0 Å². The van der Waals surface area contributed by atoms with Crippen molar-refractivity contribution in [2.45, 2.75) is 23.5 Å². The normalized spacial score (nSPS) is 27.8. The third kappa shape index (κ3) is 2.33. The molecule has 2 atom stereocenters. The average molecular weight is 417 g/mol. The molecule has 0 radical (unpaired) electrons. The maximum atomic E-state index is 6.73.